The molecule has 1 aromatic carbocycles. The van der Waals surface area contributed by atoms with Crippen molar-refractivity contribution in [2.45, 2.75) is 51.6 Å². The highest BCUT2D eigenvalue weighted by atomic mass is 16.5. The predicted molar refractivity (Wildman–Crippen MR) is 82.9 cm³/mol. The van der Waals surface area contributed by atoms with Crippen molar-refractivity contribution in [2.24, 2.45) is 0 Å². The molecule has 0 heterocycles. The highest BCUT2D eigenvalue weighted by molar-refractivity contribution is 5.91. The fourth-order valence-corrected chi connectivity index (χ4v) is 3.20. The zero-order chi connectivity index (χ0) is 15.2. The minimum Gasteiger partial charge on any atom is -0.496 e. The minimum atomic E-state index is -0.936. The van der Waals surface area contributed by atoms with Gasteiger partial charge in [-0.25, -0.2) is 4.79 Å². The van der Waals surface area contributed by atoms with Crippen molar-refractivity contribution in [3.8, 4) is 5.75 Å². The maximum absolute atomic E-state index is 11.3. The molecule has 21 heavy (non-hydrogen) atoms. The Hall–Kier alpha value is -1.55. The van der Waals surface area contributed by atoms with E-state index in [4.69, 9.17) is 4.74 Å². The maximum atomic E-state index is 11.3. The van der Waals surface area contributed by atoms with Gasteiger partial charge in [0.25, 0.3) is 0 Å². The SMILES string of the molecule is CCN(Cc1ccc(OC)c(C(=O)O)c1)C1CCCCC1. The van der Waals surface area contributed by atoms with Gasteiger partial charge < -0.3 is 9.84 Å². The second kappa shape index (κ2) is 7.46. The topological polar surface area (TPSA) is 49.8 Å². The summed E-state index contributed by atoms with van der Waals surface area (Å²) in [6.07, 6.45) is 6.49. The van der Waals surface area contributed by atoms with E-state index in [9.17, 15) is 9.90 Å². The van der Waals surface area contributed by atoms with Gasteiger partial charge in [0.1, 0.15) is 11.3 Å². The zero-order valence-electron chi connectivity index (χ0n) is 13.0. The predicted octanol–water partition coefficient (Wildman–Crippen LogP) is 3.55. The first-order chi connectivity index (χ1) is 10.2. The third kappa shape index (κ3) is 3.97. The van der Waals surface area contributed by atoms with Crippen LogP contribution in [0.5, 0.6) is 5.75 Å². The molecule has 1 N–H and O–H groups in total. The molecule has 0 bridgehead atoms. The molecule has 0 atom stereocenters. The van der Waals surface area contributed by atoms with E-state index in [0.717, 1.165) is 18.7 Å². The first-order valence-corrected chi connectivity index (χ1v) is 7.80. The Morgan fingerprint density at radius 2 is 2.05 bits per heavy atom. The number of aromatic carboxylic acids is 1. The summed E-state index contributed by atoms with van der Waals surface area (Å²) in [5, 5.41) is 9.27. The number of nitrogens with zero attached hydrogens (tertiary/aromatic N) is 1. The fourth-order valence-electron chi connectivity index (χ4n) is 3.20. The molecule has 0 unspecified atom stereocenters. The zero-order valence-corrected chi connectivity index (χ0v) is 13.0. The standard InChI is InChI=1S/C17H25NO3/c1-3-18(14-7-5-4-6-8-14)12-13-9-10-16(21-2)15(11-13)17(19)20/h9-11,14H,3-8,12H2,1-2H3,(H,19,20). The van der Waals surface area contributed by atoms with Crippen molar-refractivity contribution in [1.29, 1.82) is 0 Å². The molecular formula is C17H25NO3. The molecule has 116 valence electrons. The van der Waals surface area contributed by atoms with E-state index in [-0.39, 0.29) is 5.56 Å². The van der Waals surface area contributed by atoms with Crippen LogP contribution in [0.3, 0.4) is 0 Å². The summed E-state index contributed by atoms with van der Waals surface area (Å²) in [6.45, 7) is 3.99. The largest absolute Gasteiger partial charge is 0.496 e. The molecule has 1 fully saturated rings. The molecule has 1 aliphatic carbocycles. The lowest BCUT2D eigenvalue weighted by molar-refractivity contribution is 0.0693. The first-order valence-electron chi connectivity index (χ1n) is 7.80. The molecule has 1 saturated carbocycles. The number of hydrogen-bond donors (Lipinski definition) is 1. The smallest absolute Gasteiger partial charge is 0.339 e. The molecule has 4 nitrogen and oxygen atoms in total. The second-order valence-corrected chi connectivity index (χ2v) is 5.69. The van der Waals surface area contributed by atoms with Crippen LogP contribution in [0.1, 0.15) is 54.9 Å². The molecule has 0 radical (unpaired) electrons. The summed E-state index contributed by atoms with van der Waals surface area (Å²) < 4.78 is 5.11. The Kier molecular flexibility index (Phi) is 5.62. The molecule has 0 amide bonds. The molecule has 0 aromatic heterocycles. The lowest BCUT2D eigenvalue weighted by Gasteiger charge is -2.33. The Bertz CT molecular complexity index is 481. The van der Waals surface area contributed by atoms with Crippen molar-refractivity contribution < 1.29 is 14.6 Å². The highest BCUT2D eigenvalue weighted by Gasteiger charge is 2.20. The highest BCUT2D eigenvalue weighted by Crippen LogP contribution is 2.25. The van der Waals surface area contributed by atoms with E-state index in [1.807, 2.05) is 6.07 Å². The summed E-state index contributed by atoms with van der Waals surface area (Å²) >= 11 is 0. The van der Waals surface area contributed by atoms with Gasteiger partial charge in [-0.2, -0.15) is 0 Å². The van der Waals surface area contributed by atoms with Crippen molar-refractivity contribution in [1.82, 2.24) is 4.90 Å². The number of carbonyl (C=O) groups is 1. The van der Waals surface area contributed by atoms with Gasteiger partial charge in [0.15, 0.2) is 0 Å². The van der Waals surface area contributed by atoms with Crippen LogP contribution >= 0.6 is 0 Å². The Balaban J connectivity index is 2.13. The number of hydrogen-bond acceptors (Lipinski definition) is 3. The van der Waals surface area contributed by atoms with Gasteiger partial charge in [0, 0.05) is 12.6 Å². The lowest BCUT2D eigenvalue weighted by atomic mass is 9.94. The van der Waals surface area contributed by atoms with E-state index in [1.165, 1.54) is 39.2 Å². The average molecular weight is 291 g/mol. The van der Waals surface area contributed by atoms with E-state index in [0.29, 0.717) is 11.8 Å². The number of carboxylic acids is 1. The summed E-state index contributed by atoms with van der Waals surface area (Å²) in [4.78, 5) is 13.8. The van der Waals surface area contributed by atoms with Gasteiger partial charge in [0.05, 0.1) is 7.11 Å². The molecule has 1 aliphatic rings. The van der Waals surface area contributed by atoms with Gasteiger partial charge in [-0.1, -0.05) is 32.3 Å². The molecular weight excluding hydrogens is 266 g/mol. The molecule has 0 aliphatic heterocycles. The van der Waals surface area contributed by atoms with Gasteiger partial charge >= 0.3 is 5.97 Å². The molecule has 4 heteroatoms. The fraction of sp³-hybridized carbons (Fsp3) is 0.588. The Morgan fingerprint density at radius 3 is 2.62 bits per heavy atom. The summed E-state index contributed by atoms with van der Waals surface area (Å²) in [5.74, 6) is -0.513. The minimum absolute atomic E-state index is 0.245. The number of ether oxygens (including phenoxy) is 1. The van der Waals surface area contributed by atoms with Crippen LogP contribution < -0.4 is 4.74 Å². The van der Waals surface area contributed by atoms with Gasteiger partial charge in [-0.15, -0.1) is 0 Å². The quantitative estimate of drug-likeness (QED) is 0.871. The van der Waals surface area contributed by atoms with Crippen molar-refractivity contribution >= 4 is 5.97 Å². The van der Waals surface area contributed by atoms with E-state index < -0.39 is 5.97 Å². The average Bonchev–Trinajstić information content (AvgIpc) is 2.53. The molecule has 0 saturated heterocycles. The van der Waals surface area contributed by atoms with Gasteiger partial charge in [-0.3, -0.25) is 4.90 Å². The number of benzene rings is 1. The van der Waals surface area contributed by atoms with E-state index in [2.05, 4.69) is 11.8 Å². The van der Waals surface area contributed by atoms with Crippen LogP contribution in [0.2, 0.25) is 0 Å². The lowest BCUT2D eigenvalue weighted by Crippen LogP contribution is -2.36. The normalized spacial score (nSPS) is 16.1. The second-order valence-electron chi connectivity index (χ2n) is 5.69. The van der Waals surface area contributed by atoms with Crippen LogP contribution in [-0.2, 0) is 6.54 Å². The van der Waals surface area contributed by atoms with Crippen molar-refractivity contribution in [2.75, 3.05) is 13.7 Å². The molecule has 0 spiro atoms. The monoisotopic (exact) mass is 291 g/mol. The summed E-state index contributed by atoms with van der Waals surface area (Å²) in [6, 6.07) is 6.11. The van der Waals surface area contributed by atoms with Crippen LogP contribution in [0.25, 0.3) is 0 Å². The molecule has 1 aromatic rings. The van der Waals surface area contributed by atoms with Crippen LogP contribution in [0.15, 0.2) is 18.2 Å². The summed E-state index contributed by atoms with van der Waals surface area (Å²) in [5.41, 5.74) is 1.29. The van der Waals surface area contributed by atoms with Crippen molar-refractivity contribution in [3.63, 3.8) is 0 Å². The van der Waals surface area contributed by atoms with E-state index in [1.54, 1.807) is 12.1 Å². The van der Waals surface area contributed by atoms with Crippen LogP contribution in [0.4, 0.5) is 0 Å². The molecule has 2 rings (SSSR count). The summed E-state index contributed by atoms with van der Waals surface area (Å²) in [7, 11) is 1.50. The maximum Gasteiger partial charge on any atom is 0.339 e. The van der Waals surface area contributed by atoms with Gasteiger partial charge in [-0.05, 0) is 37.1 Å². The number of rotatable bonds is 6. The van der Waals surface area contributed by atoms with Crippen LogP contribution in [0, 0.1) is 0 Å². The third-order valence-corrected chi connectivity index (χ3v) is 4.38. The van der Waals surface area contributed by atoms with Gasteiger partial charge in [0.2, 0.25) is 0 Å². The van der Waals surface area contributed by atoms with Crippen molar-refractivity contribution in [3.05, 3.63) is 29.3 Å². The van der Waals surface area contributed by atoms with Crippen LogP contribution in [-0.4, -0.2) is 35.7 Å². The number of carboxylic acid groups (broad SMARTS) is 1. The number of methoxy groups -OCH3 is 1. The first kappa shape index (κ1) is 15.8. The van der Waals surface area contributed by atoms with E-state index >= 15 is 0 Å². The Morgan fingerprint density at radius 1 is 1.33 bits per heavy atom. The Labute approximate surface area is 126 Å². The third-order valence-electron chi connectivity index (χ3n) is 4.38.